The average Bonchev–Trinajstić information content (AvgIpc) is 2.58. The molecular weight excluding hydrogens is 448 g/mol. The number of esters is 1. The summed E-state index contributed by atoms with van der Waals surface area (Å²) in [6, 6.07) is 0. The Labute approximate surface area is 117 Å². The molecule has 1 aliphatic rings. The molecule has 0 radical (unpaired) electrons. The molecule has 0 aliphatic heterocycles. The summed E-state index contributed by atoms with van der Waals surface area (Å²) in [5.74, 6) is -0.150. The lowest BCUT2D eigenvalue weighted by Crippen LogP contribution is -2.29. The summed E-state index contributed by atoms with van der Waals surface area (Å²) < 4.78 is 4.19. The van der Waals surface area contributed by atoms with E-state index in [-0.39, 0.29) is 21.0 Å². The molecule has 2 nitrogen and oxygen atoms in total. The zero-order valence-corrected chi connectivity index (χ0v) is 14.0. The van der Waals surface area contributed by atoms with Gasteiger partial charge in [0.2, 0.25) is 3.42 Å². The van der Waals surface area contributed by atoms with Gasteiger partial charge in [-0.1, -0.05) is 45.7 Å². The minimum Gasteiger partial charge on any atom is -0.435 e. The second-order valence-electron chi connectivity index (χ2n) is 4.03. The Balaban J connectivity index is 2.50. The van der Waals surface area contributed by atoms with Gasteiger partial charge < -0.3 is 4.74 Å². The summed E-state index contributed by atoms with van der Waals surface area (Å²) in [6.07, 6.45) is 0.900. The van der Waals surface area contributed by atoms with Crippen LogP contribution in [-0.2, 0) is 9.53 Å². The van der Waals surface area contributed by atoms with Crippen molar-refractivity contribution in [3.8, 4) is 0 Å². The fourth-order valence-corrected chi connectivity index (χ4v) is 1.63. The second-order valence-corrected chi connectivity index (χ2v) is 10.5. The van der Waals surface area contributed by atoms with Crippen molar-refractivity contribution >= 4 is 69.7 Å². The van der Waals surface area contributed by atoms with Crippen LogP contribution in [0.15, 0.2) is 0 Å². The predicted molar refractivity (Wildman–Crippen MR) is 70.2 cm³/mol. The lowest BCUT2D eigenvalue weighted by atomic mass is 10.1. The van der Waals surface area contributed by atoms with Crippen molar-refractivity contribution in [2.45, 2.75) is 27.4 Å². The average molecular weight is 458 g/mol. The molecule has 1 rings (SSSR count). The molecule has 82 valence electrons. The third-order valence-corrected chi connectivity index (χ3v) is 7.28. The van der Waals surface area contributed by atoms with Crippen LogP contribution >= 0.6 is 63.7 Å². The summed E-state index contributed by atoms with van der Waals surface area (Å²) in [5, 5.41) is 0. The highest BCUT2D eigenvalue weighted by molar-refractivity contribution is 9.29. The first kappa shape index (κ1) is 13.5. The molecule has 1 aliphatic carbocycles. The molecule has 0 aromatic rings. The van der Waals surface area contributed by atoms with E-state index in [2.05, 4.69) is 77.6 Å². The zero-order valence-electron chi connectivity index (χ0n) is 7.69. The number of hydrogen-bond acceptors (Lipinski definition) is 2. The quantitative estimate of drug-likeness (QED) is 0.470. The third-order valence-electron chi connectivity index (χ3n) is 2.29. The number of alkyl halides is 4. The number of carbonyl (C=O) groups excluding carboxylic acids is 1. The van der Waals surface area contributed by atoms with Crippen molar-refractivity contribution in [2.24, 2.45) is 11.3 Å². The molecule has 0 spiro atoms. The van der Waals surface area contributed by atoms with Gasteiger partial charge in [0, 0.05) is 0 Å². The van der Waals surface area contributed by atoms with E-state index in [1.165, 1.54) is 0 Å². The normalized spacial score (nSPS) is 24.9. The van der Waals surface area contributed by atoms with Gasteiger partial charge in [-0.25, -0.2) is 0 Å². The van der Waals surface area contributed by atoms with Gasteiger partial charge >= 0.3 is 5.97 Å². The standard InChI is InChI=1S/C8H10Br4O2/c1-7(2)3-4(7)5(13)14-8(11,12)6(9)10/h4,6H,3H2,1-2H3. The highest BCUT2D eigenvalue weighted by Crippen LogP contribution is 2.53. The molecule has 1 atom stereocenters. The molecule has 6 heteroatoms. The van der Waals surface area contributed by atoms with Gasteiger partial charge in [-0.15, -0.1) is 0 Å². The first-order chi connectivity index (χ1) is 6.17. The van der Waals surface area contributed by atoms with Crippen LogP contribution in [0.4, 0.5) is 0 Å². The summed E-state index contributed by atoms with van der Waals surface area (Å²) in [7, 11) is 0. The number of carbonyl (C=O) groups is 1. The van der Waals surface area contributed by atoms with Crippen LogP contribution in [0.25, 0.3) is 0 Å². The van der Waals surface area contributed by atoms with Crippen LogP contribution in [0.5, 0.6) is 0 Å². The summed E-state index contributed by atoms with van der Waals surface area (Å²) in [5.41, 5.74) is 0.0985. The van der Waals surface area contributed by atoms with Gasteiger partial charge in [0.05, 0.1) is 5.92 Å². The molecule has 1 saturated carbocycles. The first-order valence-electron chi connectivity index (χ1n) is 4.05. The molecule has 0 N–H and O–H groups in total. The highest BCUT2D eigenvalue weighted by atomic mass is 79.9. The fourth-order valence-electron chi connectivity index (χ4n) is 1.12. The Kier molecular flexibility index (Phi) is 4.17. The summed E-state index contributed by atoms with van der Waals surface area (Å²) >= 11 is 13.1. The van der Waals surface area contributed by atoms with Crippen molar-refractivity contribution in [3.05, 3.63) is 0 Å². The minimum absolute atomic E-state index is 0.0238. The number of hydrogen-bond donors (Lipinski definition) is 0. The predicted octanol–water partition coefficient (Wildman–Crippen LogP) is 4.14. The zero-order chi connectivity index (χ0) is 11.1. The lowest BCUT2D eigenvalue weighted by Gasteiger charge is -2.22. The fraction of sp³-hybridized carbons (Fsp3) is 0.875. The molecule has 0 aromatic carbocycles. The van der Waals surface area contributed by atoms with E-state index in [1.54, 1.807) is 0 Å². The Morgan fingerprint density at radius 2 is 1.93 bits per heavy atom. The van der Waals surface area contributed by atoms with E-state index in [0.717, 1.165) is 6.42 Å². The van der Waals surface area contributed by atoms with Crippen LogP contribution in [0.3, 0.4) is 0 Å². The molecule has 0 saturated heterocycles. The van der Waals surface area contributed by atoms with Crippen LogP contribution in [-0.4, -0.2) is 13.1 Å². The van der Waals surface area contributed by atoms with Gasteiger partial charge in [-0.05, 0) is 43.7 Å². The maximum Gasteiger partial charge on any atom is 0.311 e. The maximum atomic E-state index is 11.6. The highest BCUT2D eigenvalue weighted by Gasteiger charge is 2.53. The molecular formula is C8H10Br4O2. The maximum absolute atomic E-state index is 11.6. The van der Waals surface area contributed by atoms with Gasteiger partial charge in [-0.2, -0.15) is 0 Å². The van der Waals surface area contributed by atoms with E-state index in [0.29, 0.717) is 0 Å². The SMILES string of the molecule is CC1(C)CC1C(=O)OC(Br)(Br)C(Br)Br. The van der Waals surface area contributed by atoms with Gasteiger partial charge in [0.1, 0.15) is 3.74 Å². The Hall–Kier alpha value is 1.39. The second kappa shape index (κ2) is 4.34. The van der Waals surface area contributed by atoms with Crippen molar-refractivity contribution in [2.75, 3.05) is 0 Å². The number of rotatable bonds is 3. The van der Waals surface area contributed by atoms with Crippen molar-refractivity contribution in [1.29, 1.82) is 0 Å². The van der Waals surface area contributed by atoms with Crippen LogP contribution < -0.4 is 0 Å². The van der Waals surface area contributed by atoms with E-state index in [4.69, 9.17) is 4.74 Å². The minimum atomic E-state index is -0.879. The van der Waals surface area contributed by atoms with Crippen LogP contribution in [0.1, 0.15) is 20.3 Å². The molecule has 14 heavy (non-hydrogen) atoms. The number of ether oxygens (including phenoxy) is 1. The topological polar surface area (TPSA) is 26.3 Å². The van der Waals surface area contributed by atoms with Crippen LogP contribution in [0, 0.1) is 11.3 Å². The molecule has 0 bridgehead atoms. The molecule has 1 fully saturated rings. The van der Waals surface area contributed by atoms with Gasteiger partial charge in [0.15, 0.2) is 0 Å². The molecule has 1 unspecified atom stereocenters. The van der Waals surface area contributed by atoms with Crippen molar-refractivity contribution < 1.29 is 9.53 Å². The molecule has 0 aromatic heterocycles. The molecule has 0 heterocycles. The van der Waals surface area contributed by atoms with E-state index in [9.17, 15) is 4.79 Å². The first-order valence-corrected chi connectivity index (χ1v) is 7.47. The van der Waals surface area contributed by atoms with Gasteiger partial charge in [-0.3, -0.25) is 4.79 Å². The Bertz CT molecular complexity index is 250. The molecule has 0 amide bonds. The van der Waals surface area contributed by atoms with E-state index < -0.39 is 3.42 Å². The van der Waals surface area contributed by atoms with Gasteiger partial charge in [0.25, 0.3) is 0 Å². The smallest absolute Gasteiger partial charge is 0.311 e. The summed E-state index contributed by atoms with van der Waals surface area (Å²) in [6.45, 7) is 4.12. The number of halogens is 4. The van der Waals surface area contributed by atoms with E-state index >= 15 is 0 Å². The Morgan fingerprint density at radius 1 is 1.50 bits per heavy atom. The van der Waals surface area contributed by atoms with Crippen molar-refractivity contribution in [3.63, 3.8) is 0 Å². The van der Waals surface area contributed by atoms with Crippen LogP contribution in [0.2, 0.25) is 0 Å². The largest absolute Gasteiger partial charge is 0.435 e. The summed E-state index contributed by atoms with van der Waals surface area (Å²) in [4.78, 5) is 11.6. The lowest BCUT2D eigenvalue weighted by molar-refractivity contribution is -0.147. The Morgan fingerprint density at radius 3 is 2.21 bits per heavy atom. The third kappa shape index (κ3) is 3.19. The van der Waals surface area contributed by atoms with E-state index in [1.807, 2.05) is 0 Å². The monoisotopic (exact) mass is 454 g/mol. The van der Waals surface area contributed by atoms with Crippen molar-refractivity contribution in [1.82, 2.24) is 0 Å².